The highest BCUT2D eigenvalue weighted by molar-refractivity contribution is 5.94. The Morgan fingerprint density at radius 1 is 1.52 bits per heavy atom. The van der Waals surface area contributed by atoms with Crippen LogP contribution < -0.4 is 5.32 Å². The Bertz CT molecular complexity index is 584. The molecule has 1 fully saturated rings. The third-order valence-corrected chi connectivity index (χ3v) is 3.62. The van der Waals surface area contributed by atoms with Gasteiger partial charge >= 0.3 is 0 Å². The molecule has 1 aliphatic rings. The number of hydrogen-bond donors (Lipinski definition) is 2. The molecule has 23 heavy (non-hydrogen) atoms. The molecule has 1 aromatic carbocycles. The van der Waals surface area contributed by atoms with Gasteiger partial charge < -0.3 is 19.9 Å². The molecule has 2 atom stereocenters. The van der Waals surface area contributed by atoms with Crippen LogP contribution >= 0.6 is 0 Å². The highest BCUT2D eigenvalue weighted by Gasteiger charge is 2.28. The van der Waals surface area contributed by atoms with Gasteiger partial charge in [0.25, 0.3) is 5.91 Å². The zero-order chi connectivity index (χ0) is 16.8. The topological polar surface area (TPSA) is 67.8 Å². The molecule has 0 bridgehead atoms. The third-order valence-electron chi connectivity index (χ3n) is 3.62. The average molecular weight is 323 g/mol. The zero-order valence-corrected chi connectivity index (χ0v) is 13.3. The van der Waals surface area contributed by atoms with Gasteiger partial charge in [-0.25, -0.2) is 4.39 Å². The van der Waals surface area contributed by atoms with Crippen molar-refractivity contribution in [3.05, 3.63) is 41.2 Å². The molecule has 1 amide bonds. The lowest BCUT2D eigenvalue weighted by Crippen LogP contribution is -2.50. The second kappa shape index (κ2) is 8.08. The van der Waals surface area contributed by atoms with E-state index in [-0.39, 0.29) is 17.7 Å². The minimum absolute atomic E-state index is 0.147. The monoisotopic (exact) mass is 323 g/mol. The van der Waals surface area contributed by atoms with Crippen LogP contribution in [-0.4, -0.2) is 43.0 Å². The first-order valence-electron chi connectivity index (χ1n) is 7.59. The van der Waals surface area contributed by atoms with Crippen LogP contribution in [0.3, 0.4) is 0 Å². The minimum atomic E-state index is -0.825. The molecule has 0 unspecified atom stereocenters. The van der Waals surface area contributed by atoms with Gasteiger partial charge in [0.1, 0.15) is 0 Å². The van der Waals surface area contributed by atoms with Crippen LogP contribution in [0.25, 0.3) is 0 Å². The van der Waals surface area contributed by atoms with E-state index in [1.54, 1.807) is 0 Å². The van der Waals surface area contributed by atoms with Crippen LogP contribution in [0.15, 0.2) is 29.8 Å². The molecule has 1 heterocycles. The number of hydrogen-bond acceptors (Lipinski definition) is 4. The van der Waals surface area contributed by atoms with Crippen molar-refractivity contribution in [1.82, 2.24) is 5.32 Å². The van der Waals surface area contributed by atoms with Crippen molar-refractivity contribution < 1.29 is 23.8 Å². The largest absolute Gasteiger partial charge is 0.505 e. The van der Waals surface area contributed by atoms with Gasteiger partial charge in [0.2, 0.25) is 0 Å². The summed E-state index contributed by atoms with van der Waals surface area (Å²) in [5.74, 6) is -1.73. The molecule has 2 N–H and O–H groups in total. The van der Waals surface area contributed by atoms with Gasteiger partial charge in [-0.15, -0.1) is 0 Å². The van der Waals surface area contributed by atoms with Crippen molar-refractivity contribution in [3.8, 4) is 5.75 Å². The van der Waals surface area contributed by atoms with E-state index in [0.717, 1.165) is 17.7 Å². The number of phenols is 1. The number of phenolic OH excluding ortho intramolecular Hbond substituents is 1. The molecular formula is C17H22FNO4. The fraction of sp³-hybridized carbons (Fsp3) is 0.471. The predicted octanol–water partition coefficient (Wildman–Crippen LogP) is 2.40. The summed E-state index contributed by atoms with van der Waals surface area (Å²) in [6, 6.07) is 3.24. The summed E-state index contributed by atoms with van der Waals surface area (Å²) in [6.07, 6.45) is 2.51. The highest BCUT2D eigenvalue weighted by Crippen LogP contribution is 2.17. The molecule has 5 nitrogen and oxygen atoms in total. The van der Waals surface area contributed by atoms with Gasteiger partial charge in [-0.2, -0.15) is 0 Å². The molecule has 1 aliphatic heterocycles. The summed E-state index contributed by atoms with van der Waals surface area (Å²) >= 11 is 0. The number of carbonyl (C=O) groups is 1. The van der Waals surface area contributed by atoms with E-state index in [1.165, 1.54) is 6.07 Å². The van der Waals surface area contributed by atoms with Gasteiger partial charge in [0.05, 0.1) is 25.4 Å². The van der Waals surface area contributed by atoms with Gasteiger partial charge in [-0.3, -0.25) is 4.79 Å². The Hall–Kier alpha value is -1.92. The van der Waals surface area contributed by atoms with Crippen LogP contribution in [0.1, 0.15) is 30.6 Å². The molecular weight excluding hydrogens is 301 g/mol. The number of benzene rings is 1. The van der Waals surface area contributed by atoms with Gasteiger partial charge in [0, 0.05) is 12.2 Å². The fourth-order valence-electron chi connectivity index (χ4n) is 2.29. The molecule has 0 saturated carbocycles. The van der Waals surface area contributed by atoms with Crippen molar-refractivity contribution in [2.45, 2.75) is 32.4 Å². The third kappa shape index (κ3) is 5.04. The molecule has 1 saturated heterocycles. The van der Waals surface area contributed by atoms with E-state index in [0.29, 0.717) is 26.2 Å². The van der Waals surface area contributed by atoms with E-state index in [9.17, 15) is 14.3 Å². The average Bonchev–Trinajstić information content (AvgIpc) is 2.51. The zero-order valence-electron chi connectivity index (χ0n) is 13.3. The van der Waals surface area contributed by atoms with Crippen LogP contribution in [0.5, 0.6) is 5.75 Å². The van der Waals surface area contributed by atoms with Crippen molar-refractivity contribution in [2.24, 2.45) is 0 Å². The van der Waals surface area contributed by atoms with Crippen LogP contribution in [0, 0.1) is 5.82 Å². The second-order valence-electron chi connectivity index (χ2n) is 5.76. The molecule has 126 valence electrons. The van der Waals surface area contributed by atoms with E-state index in [2.05, 4.69) is 5.32 Å². The number of ether oxygens (including phenoxy) is 2. The lowest BCUT2D eigenvalue weighted by atomic mass is 10.1. The fourth-order valence-corrected chi connectivity index (χ4v) is 2.29. The summed E-state index contributed by atoms with van der Waals surface area (Å²) in [5, 5.41) is 12.0. The number of nitrogens with one attached hydrogen (secondary N) is 1. The van der Waals surface area contributed by atoms with Crippen LogP contribution in [0.2, 0.25) is 0 Å². The Balaban J connectivity index is 1.98. The van der Waals surface area contributed by atoms with Gasteiger partial charge in [-0.05, 0) is 38.5 Å². The first-order chi connectivity index (χ1) is 11.0. The lowest BCUT2D eigenvalue weighted by Gasteiger charge is -2.31. The standard InChI is InChI=1S/C17H22FNO4/c1-11(2)5-8-23-16-6-7-22-10-14(16)19-17(21)12-3-4-15(20)13(18)9-12/h3-5,9,14,16,20H,6-8,10H2,1-2H3,(H,19,21)/t14-,16+/m1/s1. The summed E-state index contributed by atoms with van der Waals surface area (Å²) < 4.78 is 24.5. The van der Waals surface area contributed by atoms with Gasteiger partial charge in [-0.1, -0.05) is 11.6 Å². The van der Waals surface area contributed by atoms with E-state index in [1.807, 2.05) is 19.9 Å². The number of rotatable bonds is 5. The maximum absolute atomic E-state index is 13.4. The Morgan fingerprint density at radius 2 is 2.30 bits per heavy atom. The molecule has 1 aromatic rings. The quantitative estimate of drug-likeness (QED) is 0.817. The molecule has 0 radical (unpaired) electrons. The molecule has 0 aliphatic carbocycles. The van der Waals surface area contributed by atoms with E-state index < -0.39 is 17.5 Å². The first kappa shape index (κ1) is 17.4. The smallest absolute Gasteiger partial charge is 0.251 e. The lowest BCUT2D eigenvalue weighted by molar-refractivity contribution is -0.0457. The summed E-state index contributed by atoms with van der Waals surface area (Å²) in [4.78, 5) is 12.2. The number of allylic oxidation sites excluding steroid dienone is 1. The maximum Gasteiger partial charge on any atom is 0.251 e. The van der Waals surface area contributed by atoms with Crippen molar-refractivity contribution in [1.29, 1.82) is 0 Å². The van der Waals surface area contributed by atoms with E-state index >= 15 is 0 Å². The Morgan fingerprint density at radius 3 is 3.00 bits per heavy atom. The SMILES string of the molecule is CC(C)=CCO[C@H]1CCOC[C@H]1NC(=O)c1ccc(O)c(F)c1. The predicted molar refractivity (Wildman–Crippen MR) is 83.9 cm³/mol. The maximum atomic E-state index is 13.4. The number of amides is 1. The number of halogens is 1. The van der Waals surface area contributed by atoms with E-state index in [4.69, 9.17) is 9.47 Å². The normalized spacial score (nSPS) is 20.8. The van der Waals surface area contributed by atoms with Crippen molar-refractivity contribution >= 4 is 5.91 Å². The second-order valence-corrected chi connectivity index (χ2v) is 5.76. The summed E-state index contributed by atoms with van der Waals surface area (Å²) in [5.41, 5.74) is 1.31. The van der Waals surface area contributed by atoms with Crippen LogP contribution in [-0.2, 0) is 9.47 Å². The first-order valence-corrected chi connectivity index (χ1v) is 7.59. The van der Waals surface area contributed by atoms with Crippen LogP contribution in [0.4, 0.5) is 4.39 Å². The summed E-state index contributed by atoms with van der Waals surface area (Å²) in [7, 11) is 0. The molecule has 0 aromatic heterocycles. The number of aromatic hydroxyl groups is 1. The summed E-state index contributed by atoms with van der Waals surface area (Å²) in [6.45, 7) is 5.40. The highest BCUT2D eigenvalue weighted by atomic mass is 19.1. The number of carbonyl (C=O) groups excluding carboxylic acids is 1. The molecule has 2 rings (SSSR count). The van der Waals surface area contributed by atoms with Crippen molar-refractivity contribution in [2.75, 3.05) is 19.8 Å². The minimum Gasteiger partial charge on any atom is -0.505 e. The Kier molecular flexibility index (Phi) is 6.12. The molecule has 6 heteroatoms. The Labute approximate surface area is 135 Å². The van der Waals surface area contributed by atoms with Gasteiger partial charge in [0.15, 0.2) is 11.6 Å². The van der Waals surface area contributed by atoms with Crippen molar-refractivity contribution in [3.63, 3.8) is 0 Å². The molecule has 0 spiro atoms.